The Labute approximate surface area is 176 Å². The number of piperidine rings is 1. The summed E-state index contributed by atoms with van der Waals surface area (Å²) in [7, 11) is 0. The van der Waals surface area contributed by atoms with Gasteiger partial charge in [0.15, 0.2) is 0 Å². The van der Waals surface area contributed by atoms with Crippen LogP contribution in [0, 0.1) is 6.92 Å². The number of benzene rings is 1. The van der Waals surface area contributed by atoms with Gasteiger partial charge in [0.1, 0.15) is 11.6 Å². The second kappa shape index (κ2) is 8.98. The molecule has 7 nitrogen and oxygen atoms in total. The summed E-state index contributed by atoms with van der Waals surface area (Å²) in [5.74, 6) is 1.61. The van der Waals surface area contributed by atoms with Crippen molar-refractivity contribution in [2.24, 2.45) is 0 Å². The lowest BCUT2D eigenvalue weighted by Gasteiger charge is -2.34. The maximum absolute atomic E-state index is 13.0. The first kappa shape index (κ1) is 19.9. The average molecular weight is 406 g/mol. The molecule has 0 radical (unpaired) electrons. The highest BCUT2D eigenvalue weighted by Crippen LogP contribution is 2.30. The third-order valence-electron chi connectivity index (χ3n) is 5.40. The minimum atomic E-state index is -0.102. The Balaban J connectivity index is 1.52. The predicted molar refractivity (Wildman–Crippen MR) is 117 cm³/mol. The number of aromatic nitrogens is 3. The number of hydrogen-bond acceptors (Lipinski definition) is 4. The number of para-hydroxylation sites is 2. The van der Waals surface area contributed by atoms with E-state index in [0.29, 0.717) is 24.6 Å². The van der Waals surface area contributed by atoms with Crippen molar-refractivity contribution in [3.05, 3.63) is 60.7 Å². The van der Waals surface area contributed by atoms with E-state index in [2.05, 4.69) is 26.8 Å². The maximum atomic E-state index is 13.0. The van der Waals surface area contributed by atoms with Gasteiger partial charge in [0, 0.05) is 42.9 Å². The summed E-state index contributed by atoms with van der Waals surface area (Å²) in [4.78, 5) is 23.6. The first-order valence-electron chi connectivity index (χ1n) is 10.4. The number of carbonyl (C=O) groups excluding carboxylic acids is 1. The van der Waals surface area contributed by atoms with Crippen molar-refractivity contribution in [2.75, 3.05) is 25.0 Å². The van der Waals surface area contributed by atoms with Gasteiger partial charge in [-0.05, 0) is 51.0 Å². The number of aryl methyl sites for hydroxylation is 1. The molecule has 2 amide bonds. The normalized spacial score (nSPS) is 16.3. The second-order valence-electron chi connectivity index (χ2n) is 7.43. The molecular formula is C23H27N5O2. The number of nitrogens with one attached hydrogen (secondary N) is 1. The first-order valence-corrected chi connectivity index (χ1v) is 10.4. The summed E-state index contributed by atoms with van der Waals surface area (Å²) in [6, 6.07) is 11.5. The Morgan fingerprint density at radius 3 is 2.83 bits per heavy atom. The highest BCUT2D eigenvalue weighted by molar-refractivity contribution is 5.91. The summed E-state index contributed by atoms with van der Waals surface area (Å²) >= 11 is 0. The minimum absolute atomic E-state index is 0.102. The summed E-state index contributed by atoms with van der Waals surface area (Å²) in [6.45, 7) is 5.92. The number of likely N-dealkylation sites (tertiary alicyclic amines) is 1. The van der Waals surface area contributed by atoms with Gasteiger partial charge in [-0.1, -0.05) is 12.1 Å². The summed E-state index contributed by atoms with van der Waals surface area (Å²) in [5.41, 5.74) is 2.82. The van der Waals surface area contributed by atoms with Crippen LogP contribution in [0.2, 0.25) is 0 Å². The Morgan fingerprint density at radius 2 is 2.03 bits per heavy atom. The molecule has 2 aromatic heterocycles. The maximum Gasteiger partial charge on any atom is 0.322 e. The number of ether oxygens (including phenoxy) is 1. The van der Waals surface area contributed by atoms with Crippen LogP contribution in [0.4, 0.5) is 10.5 Å². The molecule has 4 rings (SSSR count). The van der Waals surface area contributed by atoms with Gasteiger partial charge in [0.25, 0.3) is 0 Å². The largest absolute Gasteiger partial charge is 0.492 e. The van der Waals surface area contributed by atoms with Gasteiger partial charge >= 0.3 is 6.03 Å². The van der Waals surface area contributed by atoms with Crippen molar-refractivity contribution in [3.63, 3.8) is 0 Å². The summed E-state index contributed by atoms with van der Waals surface area (Å²) in [6.07, 6.45) is 7.40. The van der Waals surface area contributed by atoms with Crippen LogP contribution in [-0.2, 0) is 0 Å². The highest BCUT2D eigenvalue weighted by atomic mass is 16.5. The van der Waals surface area contributed by atoms with Gasteiger partial charge in [0.2, 0.25) is 0 Å². The van der Waals surface area contributed by atoms with E-state index in [1.807, 2.05) is 54.4 Å². The standard InChI is InChI=1S/C23H27N5O2/c1-3-30-21-9-5-4-8-20(21)26-23(29)27-14-6-7-19(16-27)28-17(2)15-25-22(28)18-10-12-24-13-11-18/h4-5,8-13,15,19H,3,6-7,14,16H2,1-2H3,(H,26,29). The van der Waals surface area contributed by atoms with E-state index in [9.17, 15) is 4.79 Å². The van der Waals surface area contributed by atoms with E-state index in [-0.39, 0.29) is 12.1 Å². The molecule has 3 heterocycles. The molecule has 0 spiro atoms. The zero-order valence-electron chi connectivity index (χ0n) is 17.4. The number of nitrogens with zero attached hydrogens (tertiary/aromatic N) is 4. The minimum Gasteiger partial charge on any atom is -0.492 e. The number of carbonyl (C=O) groups is 1. The van der Waals surface area contributed by atoms with Crippen molar-refractivity contribution in [1.82, 2.24) is 19.4 Å². The number of urea groups is 1. The fraction of sp³-hybridized carbons (Fsp3) is 0.348. The molecule has 1 N–H and O–H groups in total. The lowest BCUT2D eigenvalue weighted by molar-refractivity contribution is 0.178. The molecule has 3 aromatic rings. The van der Waals surface area contributed by atoms with E-state index in [0.717, 1.165) is 36.5 Å². The van der Waals surface area contributed by atoms with E-state index < -0.39 is 0 Å². The Bertz CT molecular complexity index is 1000. The molecule has 1 atom stereocenters. The molecule has 7 heteroatoms. The van der Waals surface area contributed by atoms with Crippen LogP contribution < -0.4 is 10.1 Å². The number of imidazole rings is 1. The quantitative estimate of drug-likeness (QED) is 0.677. The number of anilines is 1. The van der Waals surface area contributed by atoms with Crippen LogP contribution in [-0.4, -0.2) is 45.2 Å². The number of hydrogen-bond donors (Lipinski definition) is 1. The molecule has 1 aliphatic heterocycles. The molecule has 1 aliphatic rings. The zero-order chi connectivity index (χ0) is 20.9. The molecular weight excluding hydrogens is 378 g/mol. The van der Waals surface area contributed by atoms with Crippen molar-refractivity contribution < 1.29 is 9.53 Å². The molecule has 0 saturated carbocycles. The second-order valence-corrected chi connectivity index (χ2v) is 7.43. The average Bonchev–Trinajstić information content (AvgIpc) is 3.17. The number of amides is 2. The smallest absolute Gasteiger partial charge is 0.322 e. The predicted octanol–water partition coefficient (Wildman–Crippen LogP) is 4.52. The topological polar surface area (TPSA) is 72.3 Å². The molecule has 0 bridgehead atoms. The fourth-order valence-electron chi connectivity index (χ4n) is 4.02. The van der Waals surface area contributed by atoms with Crippen LogP contribution in [0.15, 0.2) is 55.0 Å². The fourth-order valence-corrected chi connectivity index (χ4v) is 4.02. The summed E-state index contributed by atoms with van der Waals surface area (Å²) in [5, 5.41) is 3.02. The molecule has 1 fully saturated rings. The Morgan fingerprint density at radius 1 is 1.23 bits per heavy atom. The molecule has 1 unspecified atom stereocenters. The molecule has 1 saturated heterocycles. The first-order chi connectivity index (χ1) is 14.7. The van der Waals surface area contributed by atoms with Gasteiger partial charge in [-0.3, -0.25) is 4.98 Å². The van der Waals surface area contributed by atoms with Crippen LogP contribution in [0.3, 0.4) is 0 Å². The zero-order valence-corrected chi connectivity index (χ0v) is 17.4. The SMILES string of the molecule is CCOc1ccccc1NC(=O)N1CCCC(n2c(C)cnc2-c2ccncc2)C1. The number of pyridine rings is 1. The van der Waals surface area contributed by atoms with E-state index in [1.165, 1.54) is 0 Å². The van der Waals surface area contributed by atoms with E-state index in [1.54, 1.807) is 12.4 Å². The van der Waals surface area contributed by atoms with Gasteiger partial charge in [-0.25, -0.2) is 9.78 Å². The Kier molecular flexibility index (Phi) is 5.97. The third-order valence-corrected chi connectivity index (χ3v) is 5.40. The molecule has 0 aliphatic carbocycles. The summed E-state index contributed by atoms with van der Waals surface area (Å²) < 4.78 is 7.89. The highest BCUT2D eigenvalue weighted by Gasteiger charge is 2.28. The molecule has 30 heavy (non-hydrogen) atoms. The number of rotatable bonds is 5. The van der Waals surface area contributed by atoms with Gasteiger partial charge in [0.05, 0.1) is 18.3 Å². The third kappa shape index (κ3) is 4.15. The Hall–Kier alpha value is -3.35. The lowest BCUT2D eigenvalue weighted by atomic mass is 10.0. The molecule has 156 valence electrons. The van der Waals surface area contributed by atoms with Gasteiger partial charge in [-0.15, -0.1) is 0 Å². The van der Waals surface area contributed by atoms with E-state index in [4.69, 9.17) is 4.74 Å². The monoisotopic (exact) mass is 405 g/mol. The van der Waals surface area contributed by atoms with Crippen molar-refractivity contribution in [1.29, 1.82) is 0 Å². The van der Waals surface area contributed by atoms with Crippen LogP contribution in [0.5, 0.6) is 5.75 Å². The lowest BCUT2D eigenvalue weighted by Crippen LogP contribution is -2.43. The van der Waals surface area contributed by atoms with Gasteiger partial charge in [-0.2, -0.15) is 0 Å². The van der Waals surface area contributed by atoms with Crippen LogP contribution in [0.25, 0.3) is 11.4 Å². The van der Waals surface area contributed by atoms with Crippen molar-refractivity contribution in [3.8, 4) is 17.1 Å². The van der Waals surface area contributed by atoms with Crippen molar-refractivity contribution in [2.45, 2.75) is 32.7 Å². The van der Waals surface area contributed by atoms with E-state index >= 15 is 0 Å². The van der Waals surface area contributed by atoms with Crippen molar-refractivity contribution >= 4 is 11.7 Å². The van der Waals surface area contributed by atoms with Crippen LogP contribution in [0.1, 0.15) is 31.5 Å². The van der Waals surface area contributed by atoms with Gasteiger partial charge < -0.3 is 19.5 Å². The van der Waals surface area contributed by atoms with Crippen LogP contribution >= 0.6 is 0 Å². The molecule has 1 aromatic carbocycles.